The number of carbonyl (C=O) groups excluding carboxylic acids is 1. The second kappa shape index (κ2) is 6.97. The zero-order valence-electron chi connectivity index (χ0n) is 21.9. The predicted octanol–water partition coefficient (Wildman–Crippen LogP) is 7.30. The third-order valence-corrected chi connectivity index (χ3v) is 13.2. The maximum Gasteiger partial charge on any atom is 0.309 e. The number of carbonyl (C=O) groups is 2. The minimum Gasteiger partial charge on any atom is -0.481 e. The first-order valence-corrected chi connectivity index (χ1v) is 13.7. The Morgan fingerprint density at radius 1 is 0.879 bits per heavy atom. The molecule has 0 spiro atoms. The molecule has 5 fully saturated rings. The van der Waals surface area contributed by atoms with Crippen molar-refractivity contribution in [2.24, 2.45) is 56.7 Å². The highest BCUT2D eigenvalue weighted by Crippen LogP contribution is 2.77. The Labute approximate surface area is 201 Å². The summed E-state index contributed by atoms with van der Waals surface area (Å²) in [6.45, 7) is 18.5. The van der Waals surface area contributed by atoms with Crippen molar-refractivity contribution in [3.63, 3.8) is 0 Å². The fourth-order valence-corrected chi connectivity index (χ4v) is 11.3. The average molecular weight is 455 g/mol. The predicted molar refractivity (Wildman–Crippen MR) is 132 cm³/mol. The SMILES string of the molecule is C=C(C)[C@@H]1CC[C@]2(C(=O)O)CC[C@]3(C)[C@@H](CC[C@H]4[C@@]5(C)CCC(=O)C(C)(C)[C@@H]5CC[C@]43C)[C@H]12. The van der Waals surface area contributed by atoms with Crippen molar-refractivity contribution >= 4 is 11.8 Å². The summed E-state index contributed by atoms with van der Waals surface area (Å²) in [6, 6.07) is 0. The zero-order valence-corrected chi connectivity index (χ0v) is 21.9. The highest BCUT2D eigenvalue weighted by atomic mass is 16.4. The lowest BCUT2D eigenvalue weighted by Gasteiger charge is -2.72. The summed E-state index contributed by atoms with van der Waals surface area (Å²) >= 11 is 0. The fraction of sp³-hybridized carbons (Fsp3) is 0.867. The van der Waals surface area contributed by atoms with Crippen LogP contribution in [0, 0.1) is 56.7 Å². The van der Waals surface area contributed by atoms with Gasteiger partial charge in [-0.15, -0.1) is 0 Å². The summed E-state index contributed by atoms with van der Waals surface area (Å²) in [7, 11) is 0. The number of rotatable bonds is 2. The van der Waals surface area contributed by atoms with Gasteiger partial charge in [0.05, 0.1) is 5.41 Å². The van der Waals surface area contributed by atoms with Crippen LogP contribution in [0.15, 0.2) is 12.2 Å². The van der Waals surface area contributed by atoms with Crippen molar-refractivity contribution in [3.05, 3.63) is 12.2 Å². The molecule has 184 valence electrons. The van der Waals surface area contributed by atoms with Crippen molar-refractivity contribution in [2.75, 3.05) is 0 Å². The Balaban J connectivity index is 1.57. The van der Waals surface area contributed by atoms with Gasteiger partial charge < -0.3 is 5.11 Å². The smallest absolute Gasteiger partial charge is 0.309 e. The van der Waals surface area contributed by atoms with E-state index >= 15 is 0 Å². The van der Waals surface area contributed by atoms with Gasteiger partial charge >= 0.3 is 5.97 Å². The number of carboxylic acid groups (broad SMARTS) is 1. The molecular formula is C30H46O3. The standard InChI is InChI=1S/C30H46O3/c1-18(2)19-10-15-30(25(32)33)17-16-28(6)20(24(19)30)8-9-22-27(5)13-12-23(31)26(3,4)21(27)11-14-29(22,28)7/h19-22,24H,1,8-17H2,2-7H3,(H,32,33)/t19-,20-,21-,22-,24-,27-,28+,29+,30-/m0/s1. The highest BCUT2D eigenvalue weighted by Gasteiger charge is 2.72. The van der Waals surface area contributed by atoms with E-state index in [2.05, 4.69) is 48.1 Å². The first-order valence-electron chi connectivity index (χ1n) is 13.7. The third kappa shape index (κ3) is 2.69. The first-order chi connectivity index (χ1) is 15.3. The largest absolute Gasteiger partial charge is 0.481 e. The number of allylic oxidation sites excluding steroid dienone is 1. The van der Waals surface area contributed by atoms with Crippen molar-refractivity contribution in [2.45, 2.75) is 106 Å². The van der Waals surface area contributed by atoms with Crippen LogP contribution < -0.4 is 0 Å². The van der Waals surface area contributed by atoms with Gasteiger partial charge in [0.2, 0.25) is 0 Å². The minimum atomic E-state index is -0.547. The summed E-state index contributed by atoms with van der Waals surface area (Å²) in [5.41, 5.74) is 1.03. The van der Waals surface area contributed by atoms with Crippen molar-refractivity contribution in [1.82, 2.24) is 0 Å². The van der Waals surface area contributed by atoms with Gasteiger partial charge in [-0.25, -0.2) is 0 Å². The quantitative estimate of drug-likeness (QED) is 0.445. The summed E-state index contributed by atoms with van der Waals surface area (Å²) in [6.07, 6.45) is 10.1. The van der Waals surface area contributed by atoms with Crippen LogP contribution in [0.4, 0.5) is 0 Å². The van der Waals surface area contributed by atoms with Crippen molar-refractivity contribution < 1.29 is 14.7 Å². The maximum atomic E-state index is 12.9. The lowest BCUT2D eigenvalue weighted by molar-refractivity contribution is -0.235. The second-order valence-corrected chi connectivity index (χ2v) is 14.3. The molecule has 0 bridgehead atoms. The molecule has 0 radical (unpaired) electrons. The molecule has 0 heterocycles. The lowest BCUT2D eigenvalue weighted by Crippen LogP contribution is -2.66. The average Bonchev–Trinajstić information content (AvgIpc) is 3.13. The van der Waals surface area contributed by atoms with Crippen LogP contribution in [0.1, 0.15) is 106 Å². The van der Waals surface area contributed by atoms with Gasteiger partial charge in [0, 0.05) is 11.8 Å². The Kier molecular flexibility index (Phi) is 4.99. The first kappa shape index (κ1) is 23.6. The fourth-order valence-electron chi connectivity index (χ4n) is 11.3. The Hall–Kier alpha value is -1.12. The number of Topliss-reactive ketones (excluding diaryl/α,β-unsaturated/α-hetero) is 1. The molecule has 0 aliphatic heterocycles. The summed E-state index contributed by atoms with van der Waals surface area (Å²) in [5.74, 6) is 2.07. The van der Waals surface area contributed by atoms with E-state index in [1.165, 1.54) is 18.4 Å². The van der Waals surface area contributed by atoms with E-state index < -0.39 is 11.4 Å². The van der Waals surface area contributed by atoms with Crippen LogP contribution in [0.3, 0.4) is 0 Å². The van der Waals surface area contributed by atoms with Gasteiger partial charge in [-0.05, 0) is 111 Å². The number of ketones is 1. The number of fused-ring (bicyclic) bond motifs is 7. The normalized spacial score (nSPS) is 52.8. The molecule has 0 saturated heterocycles. The van der Waals surface area contributed by atoms with E-state index in [4.69, 9.17) is 0 Å². The molecule has 9 atom stereocenters. The monoisotopic (exact) mass is 454 g/mol. The molecule has 0 aromatic heterocycles. The van der Waals surface area contributed by atoms with E-state index in [0.29, 0.717) is 29.5 Å². The van der Waals surface area contributed by atoms with Crippen LogP contribution in [0.5, 0.6) is 0 Å². The van der Waals surface area contributed by atoms with Crippen molar-refractivity contribution in [1.29, 1.82) is 0 Å². The molecule has 5 aliphatic carbocycles. The summed E-state index contributed by atoms with van der Waals surface area (Å²) < 4.78 is 0. The molecule has 5 aliphatic rings. The van der Waals surface area contributed by atoms with E-state index in [1.807, 2.05) is 0 Å². The molecule has 3 heteroatoms. The molecule has 0 aromatic carbocycles. The van der Waals surface area contributed by atoms with Gasteiger partial charge in [0.25, 0.3) is 0 Å². The summed E-state index contributed by atoms with van der Waals surface area (Å²) in [4.78, 5) is 25.7. The second-order valence-electron chi connectivity index (χ2n) is 14.3. The number of carboxylic acids is 1. The number of hydrogen-bond acceptors (Lipinski definition) is 2. The van der Waals surface area contributed by atoms with Crippen LogP contribution >= 0.6 is 0 Å². The van der Waals surface area contributed by atoms with Crippen molar-refractivity contribution in [3.8, 4) is 0 Å². The zero-order chi connectivity index (χ0) is 24.2. The van der Waals surface area contributed by atoms with Gasteiger partial charge in [0.15, 0.2) is 0 Å². The molecule has 5 rings (SSSR count). The van der Waals surface area contributed by atoms with E-state index in [0.717, 1.165) is 51.4 Å². The van der Waals surface area contributed by atoms with E-state index in [1.54, 1.807) is 0 Å². The third-order valence-electron chi connectivity index (χ3n) is 13.2. The maximum absolute atomic E-state index is 12.9. The Morgan fingerprint density at radius 3 is 2.21 bits per heavy atom. The topological polar surface area (TPSA) is 54.4 Å². The van der Waals surface area contributed by atoms with Gasteiger partial charge in [-0.2, -0.15) is 0 Å². The molecular weight excluding hydrogens is 408 g/mol. The van der Waals surface area contributed by atoms with E-state index in [-0.39, 0.29) is 27.6 Å². The molecule has 1 N–H and O–H groups in total. The van der Waals surface area contributed by atoms with Crippen LogP contribution in [0.25, 0.3) is 0 Å². The van der Waals surface area contributed by atoms with Gasteiger partial charge in [0.1, 0.15) is 5.78 Å². The molecule has 33 heavy (non-hydrogen) atoms. The van der Waals surface area contributed by atoms with Crippen LogP contribution in [0.2, 0.25) is 0 Å². The summed E-state index contributed by atoms with van der Waals surface area (Å²) in [5, 5.41) is 10.5. The molecule has 0 amide bonds. The Bertz CT molecular complexity index is 902. The van der Waals surface area contributed by atoms with Gasteiger partial charge in [-0.1, -0.05) is 46.8 Å². The molecule has 0 aromatic rings. The highest BCUT2D eigenvalue weighted by molar-refractivity contribution is 5.85. The minimum absolute atomic E-state index is 0.164. The number of aliphatic carboxylic acids is 1. The number of hydrogen-bond donors (Lipinski definition) is 1. The van der Waals surface area contributed by atoms with Crippen LogP contribution in [-0.2, 0) is 9.59 Å². The van der Waals surface area contributed by atoms with Gasteiger partial charge in [-0.3, -0.25) is 9.59 Å². The molecule has 5 saturated carbocycles. The lowest BCUT2D eigenvalue weighted by atomic mass is 9.32. The van der Waals surface area contributed by atoms with Crippen LogP contribution in [-0.4, -0.2) is 16.9 Å². The molecule has 0 unspecified atom stereocenters. The molecule has 3 nitrogen and oxygen atoms in total. The van der Waals surface area contributed by atoms with E-state index in [9.17, 15) is 14.7 Å². The Morgan fingerprint density at radius 2 is 1.58 bits per heavy atom.